The van der Waals surface area contributed by atoms with Gasteiger partial charge in [-0.2, -0.15) is 0 Å². The van der Waals surface area contributed by atoms with Gasteiger partial charge in [-0.1, -0.05) is 0 Å². The van der Waals surface area contributed by atoms with Crippen LogP contribution in [0.25, 0.3) is 0 Å². The van der Waals surface area contributed by atoms with Gasteiger partial charge in [0.15, 0.2) is 0 Å². The summed E-state index contributed by atoms with van der Waals surface area (Å²) in [5.41, 5.74) is -1.41. The summed E-state index contributed by atoms with van der Waals surface area (Å²) in [5.74, 6) is -1.70. The summed E-state index contributed by atoms with van der Waals surface area (Å²) in [6.45, 7) is 6.10. The predicted molar refractivity (Wildman–Crippen MR) is 92.3 cm³/mol. The molecule has 0 unspecified atom stereocenters. The molecule has 0 bridgehead atoms. The fourth-order valence-electron chi connectivity index (χ4n) is 1.98. The van der Waals surface area contributed by atoms with E-state index in [9.17, 15) is 23.1 Å². The summed E-state index contributed by atoms with van der Waals surface area (Å²) in [4.78, 5) is 24.8. The van der Waals surface area contributed by atoms with Crippen LogP contribution in [0.1, 0.15) is 38.1 Å². The zero-order chi connectivity index (χ0) is 19.6. The Morgan fingerprint density at radius 3 is 2.28 bits per heavy atom. The first-order valence-corrected chi connectivity index (χ1v) is 9.04. The number of carboxylic acids is 1. The number of carbonyl (C=O) groups excluding carboxylic acids is 1. The molecule has 0 aliphatic carbocycles. The molecule has 2 N–H and O–H groups in total. The lowest BCUT2D eigenvalue weighted by molar-refractivity contribution is -0.147. The maximum Gasteiger partial charge on any atom is 0.329 e. The minimum absolute atomic E-state index is 0.0433. The van der Waals surface area contributed by atoms with Crippen LogP contribution in [0.4, 0.5) is 0 Å². The Morgan fingerprint density at radius 1 is 1.28 bits per heavy atom. The number of rotatable bonds is 7. The first-order valence-electron chi connectivity index (χ1n) is 7.56. The Balaban J connectivity index is 3.39. The number of hydrogen-bond donors (Lipinski definition) is 2. The van der Waals surface area contributed by atoms with Crippen molar-refractivity contribution in [1.29, 1.82) is 0 Å². The Hall–Kier alpha value is -2.13. The third-order valence-electron chi connectivity index (χ3n) is 3.76. The summed E-state index contributed by atoms with van der Waals surface area (Å²) >= 11 is 0. The Kier molecular flexibility index (Phi) is 6.19. The molecule has 140 valence electrons. The van der Waals surface area contributed by atoms with E-state index in [4.69, 9.17) is 4.74 Å². The molecule has 1 aromatic rings. The maximum absolute atomic E-state index is 12.6. The summed E-state index contributed by atoms with van der Waals surface area (Å²) in [5, 5.41) is 9.25. The van der Waals surface area contributed by atoms with E-state index < -0.39 is 27.4 Å². The van der Waals surface area contributed by atoms with Crippen LogP contribution in [0.3, 0.4) is 0 Å². The molecule has 8 nitrogen and oxygen atoms in total. The van der Waals surface area contributed by atoms with Crippen molar-refractivity contribution in [3.63, 3.8) is 0 Å². The molecule has 0 spiro atoms. The van der Waals surface area contributed by atoms with Crippen molar-refractivity contribution in [2.75, 3.05) is 14.2 Å². The number of hydrogen-bond acceptors (Lipinski definition) is 5. The van der Waals surface area contributed by atoms with Crippen molar-refractivity contribution < 1.29 is 27.9 Å². The van der Waals surface area contributed by atoms with Gasteiger partial charge in [-0.05, 0) is 45.9 Å². The second-order valence-corrected chi connectivity index (χ2v) is 8.05. The average Bonchev–Trinajstić information content (AvgIpc) is 2.51. The number of sulfonamides is 1. The third kappa shape index (κ3) is 4.49. The van der Waals surface area contributed by atoms with Gasteiger partial charge in [0.25, 0.3) is 5.91 Å². The molecule has 0 aliphatic rings. The standard InChI is InChI=1S/C16H24N2O6S/c1-10(2)17-25(22,23)13-9-11(7-8-12(13)24-6)14(19)18(5)16(3,4)15(20)21/h7-10,17H,1-6H3,(H,20,21). The van der Waals surface area contributed by atoms with Crippen LogP contribution in [-0.2, 0) is 14.8 Å². The quantitative estimate of drug-likeness (QED) is 0.746. The maximum atomic E-state index is 12.6. The molecular formula is C16H24N2O6S. The molecule has 1 aromatic carbocycles. The average molecular weight is 372 g/mol. The second-order valence-electron chi connectivity index (χ2n) is 6.37. The smallest absolute Gasteiger partial charge is 0.329 e. The Bertz CT molecular complexity index is 771. The highest BCUT2D eigenvalue weighted by Gasteiger charge is 2.36. The molecule has 0 saturated heterocycles. The van der Waals surface area contributed by atoms with Gasteiger partial charge >= 0.3 is 5.97 Å². The van der Waals surface area contributed by atoms with E-state index in [2.05, 4.69) is 4.72 Å². The van der Waals surface area contributed by atoms with Gasteiger partial charge in [-0.3, -0.25) is 4.79 Å². The normalized spacial score (nSPS) is 12.1. The van der Waals surface area contributed by atoms with Crippen LogP contribution in [0.5, 0.6) is 5.75 Å². The monoisotopic (exact) mass is 372 g/mol. The largest absolute Gasteiger partial charge is 0.495 e. The van der Waals surface area contributed by atoms with E-state index in [-0.39, 0.29) is 22.3 Å². The molecule has 0 saturated carbocycles. The van der Waals surface area contributed by atoms with Gasteiger partial charge in [0.1, 0.15) is 16.2 Å². The minimum Gasteiger partial charge on any atom is -0.495 e. The van der Waals surface area contributed by atoms with Gasteiger partial charge in [-0.15, -0.1) is 0 Å². The zero-order valence-corrected chi connectivity index (χ0v) is 16.0. The highest BCUT2D eigenvalue weighted by atomic mass is 32.2. The summed E-state index contributed by atoms with van der Waals surface area (Å²) in [7, 11) is -1.23. The topological polar surface area (TPSA) is 113 Å². The molecule has 0 atom stereocenters. The van der Waals surface area contributed by atoms with Crippen molar-refractivity contribution >= 4 is 21.9 Å². The fourth-order valence-corrected chi connectivity index (χ4v) is 3.43. The number of likely N-dealkylation sites (N-methyl/N-ethyl adjacent to an activating group) is 1. The molecule has 9 heteroatoms. The lowest BCUT2D eigenvalue weighted by atomic mass is 10.0. The van der Waals surface area contributed by atoms with Crippen LogP contribution >= 0.6 is 0 Å². The molecule has 0 heterocycles. The number of ether oxygens (including phenoxy) is 1. The summed E-state index contributed by atoms with van der Waals surface area (Å²) in [6.07, 6.45) is 0. The molecule has 0 aliphatic heterocycles. The van der Waals surface area contributed by atoms with E-state index in [1.807, 2.05) is 0 Å². The Labute approximate surface area is 147 Å². The summed E-state index contributed by atoms with van der Waals surface area (Å²) in [6, 6.07) is 3.59. The number of nitrogens with one attached hydrogen (secondary N) is 1. The lowest BCUT2D eigenvalue weighted by Gasteiger charge is -2.31. The number of carbonyl (C=O) groups is 2. The molecule has 1 rings (SSSR count). The molecule has 0 fully saturated rings. The van der Waals surface area contributed by atoms with Crippen LogP contribution < -0.4 is 9.46 Å². The van der Waals surface area contributed by atoms with Crippen LogP contribution in [0.15, 0.2) is 23.1 Å². The second kappa shape index (κ2) is 7.40. The molecule has 0 aromatic heterocycles. The minimum atomic E-state index is -3.90. The van der Waals surface area contributed by atoms with Gasteiger partial charge in [0, 0.05) is 18.7 Å². The van der Waals surface area contributed by atoms with Crippen molar-refractivity contribution in [1.82, 2.24) is 9.62 Å². The molecule has 25 heavy (non-hydrogen) atoms. The SMILES string of the molecule is COc1ccc(C(=O)N(C)C(C)(C)C(=O)O)cc1S(=O)(=O)NC(C)C. The van der Waals surface area contributed by atoms with E-state index in [1.54, 1.807) is 13.8 Å². The van der Waals surface area contributed by atoms with Gasteiger partial charge in [0.2, 0.25) is 10.0 Å². The third-order valence-corrected chi connectivity index (χ3v) is 5.44. The van der Waals surface area contributed by atoms with E-state index in [1.165, 1.54) is 46.2 Å². The van der Waals surface area contributed by atoms with Gasteiger partial charge in [0.05, 0.1) is 7.11 Å². The van der Waals surface area contributed by atoms with Crippen molar-refractivity contribution in [2.45, 2.75) is 44.2 Å². The Morgan fingerprint density at radius 2 is 1.84 bits per heavy atom. The first-order chi connectivity index (χ1) is 11.3. The summed E-state index contributed by atoms with van der Waals surface area (Å²) < 4.78 is 32.4. The van der Waals surface area contributed by atoms with Crippen LogP contribution in [-0.4, -0.2) is 56.0 Å². The van der Waals surface area contributed by atoms with E-state index in [0.717, 1.165) is 4.90 Å². The molecule has 0 radical (unpaired) electrons. The van der Waals surface area contributed by atoms with Crippen LogP contribution in [0.2, 0.25) is 0 Å². The number of benzene rings is 1. The highest BCUT2D eigenvalue weighted by molar-refractivity contribution is 7.89. The number of amides is 1. The van der Waals surface area contributed by atoms with E-state index in [0.29, 0.717) is 0 Å². The highest BCUT2D eigenvalue weighted by Crippen LogP contribution is 2.26. The van der Waals surface area contributed by atoms with Crippen molar-refractivity contribution in [3.8, 4) is 5.75 Å². The molecular weight excluding hydrogens is 348 g/mol. The number of carboxylic acid groups (broad SMARTS) is 1. The van der Waals surface area contributed by atoms with Crippen LogP contribution in [0, 0.1) is 0 Å². The van der Waals surface area contributed by atoms with Crippen molar-refractivity contribution in [3.05, 3.63) is 23.8 Å². The van der Waals surface area contributed by atoms with Gasteiger partial charge in [-0.25, -0.2) is 17.9 Å². The van der Waals surface area contributed by atoms with E-state index >= 15 is 0 Å². The number of methoxy groups -OCH3 is 1. The van der Waals surface area contributed by atoms with Gasteiger partial charge < -0.3 is 14.7 Å². The first kappa shape index (κ1) is 20.9. The fraction of sp³-hybridized carbons (Fsp3) is 0.500. The number of aliphatic carboxylic acids is 1. The molecule has 1 amide bonds. The zero-order valence-electron chi connectivity index (χ0n) is 15.2. The van der Waals surface area contributed by atoms with Crippen molar-refractivity contribution in [2.24, 2.45) is 0 Å². The number of nitrogens with zero attached hydrogens (tertiary/aromatic N) is 1. The lowest BCUT2D eigenvalue weighted by Crippen LogP contribution is -2.50. The predicted octanol–water partition coefficient (Wildman–Crippen LogP) is 1.32.